The van der Waals surface area contributed by atoms with Crippen LogP contribution in [0.25, 0.3) is 0 Å². The molecular formula is C14H16O4S. The molecule has 0 aliphatic rings. The minimum Gasteiger partial charge on any atom is -0.466 e. The van der Waals surface area contributed by atoms with E-state index in [-0.39, 0.29) is 17.1 Å². The van der Waals surface area contributed by atoms with Crippen LogP contribution >= 0.6 is 11.3 Å². The van der Waals surface area contributed by atoms with Crippen LogP contribution in [0.15, 0.2) is 29.7 Å². The first-order valence-electron chi connectivity index (χ1n) is 5.71. The lowest BCUT2D eigenvalue weighted by atomic mass is 9.80. The summed E-state index contributed by atoms with van der Waals surface area (Å²) in [5, 5.41) is 1.82. The number of esters is 1. The van der Waals surface area contributed by atoms with Crippen LogP contribution in [0.2, 0.25) is 0 Å². The zero-order valence-electron chi connectivity index (χ0n) is 11.1. The number of ether oxygens (including phenoxy) is 1. The average molecular weight is 280 g/mol. The van der Waals surface area contributed by atoms with Gasteiger partial charge in [0, 0.05) is 16.4 Å². The van der Waals surface area contributed by atoms with Crippen LogP contribution in [0.4, 0.5) is 0 Å². The Morgan fingerprint density at radius 3 is 2.21 bits per heavy atom. The van der Waals surface area contributed by atoms with E-state index >= 15 is 0 Å². The Balaban J connectivity index is 3.27. The van der Waals surface area contributed by atoms with Gasteiger partial charge in [-0.3, -0.25) is 9.59 Å². The molecule has 0 bridgehead atoms. The molecule has 0 aromatic carbocycles. The molecule has 0 saturated carbocycles. The van der Waals surface area contributed by atoms with Gasteiger partial charge in [-0.15, -0.1) is 11.3 Å². The summed E-state index contributed by atoms with van der Waals surface area (Å²) in [7, 11) is 1.25. The summed E-state index contributed by atoms with van der Waals surface area (Å²) in [6.07, 6.45) is 0. The van der Waals surface area contributed by atoms with Crippen LogP contribution in [-0.2, 0) is 19.1 Å². The standard InChI is InChI=1S/C14H16O4S/c1-8(14(17)18-4)12(11-6-5-7-19-11)13(9(2)15)10(3)16/h5-7,12-13H,1H2,2-4H3. The molecule has 1 heterocycles. The second kappa shape index (κ2) is 6.43. The molecule has 5 heteroatoms. The summed E-state index contributed by atoms with van der Waals surface area (Å²) < 4.78 is 4.64. The fourth-order valence-corrected chi connectivity index (χ4v) is 2.92. The highest BCUT2D eigenvalue weighted by atomic mass is 32.1. The lowest BCUT2D eigenvalue weighted by Crippen LogP contribution is -2.30. The minimum absolute atomic E-state index is 0.125. The van der Waals surface area contributed by atoms with Crippen molar-refractivity contribution < 1.29 is 19.1 Å². The largest absolute Gasteiger partial charge is 0.466 e. The van der Waals surface area contributed by atoms with Crippen LogP contribution in [0.3, 0.4) is 0 Å². The Kier molecular flexibility index (Phi) is 5.18. The van der Waals surface area contributed by atoms with Crippen molar-refractivity contribution in [2.45, 2.75) is 19.8 Å². The van der Waals surface area contributed by atoms with Gasteiger partial charge in [0.2, 0.25) is 0 Å². The molecule has 0 N–H and O–H groups in total. The molecule has 0 fully saturated rings. The fraction of sp³-hybridized carbons (Fsp3) is 0.357. The molecule has 0 radical (unpaired) electrons. The Morgan fingerprint density at radius 1 is 1.26 bits per heavy atom. The molecule has 102 valence electrons. The highest BCUT2D eigenvalue weighted by Gasteiger charge is 2.36. The number of thiophene rings is 1. The Labute approximate surface area is 116 Å². The molecule has 0 amide bonds. The van der Waals surface area contributed by atoms with Crippen LogP contribution in [-0.4, -0.2) is 24.6 Å². The maximum absolute atomic E-state index is 11.7. The number of methoxy groups -OCH3 is 1. The molecule has 0 spiro atoms. The summed E-state index contributed by atoms with van der Waals surface area (Å²) in [6.45, 7) is 6.38. The topological polar surface area (TPSA) is 60.4 Å². The maximum atomic E-state index is 11.7. The van der Waals surface area contributed by atoms with Gasteiger partial charge in [0.05, 0.1) is 13.0 Å². The van der Waals surface area contributed by atoms with Crippen molar-refractivity contribution >= 4 is 28.9 Å². The van der Waals surface area contributed by atoms with Gasteiger partial charge in [0.15, 0.2) is 0 Å². The second-order valence-electron chi connectivity index (χ2n) is 4.21. The van der Waals surface area contributed by atoms with E-state index in [0.717, 1.165) is 4.88 Å². The smallest absolute Gasteiger partial charge is 0.333 e. The van der Waals surface area contributed by atoms with E-state index < -0.39 is 17.8 Å². The molecule has 0 aliphatic carbocycles. The normalized spacial score (nSPS) is 12.0. The molecule has 0 saturated heterocycles. The summed E-state index contributed by atoms with van der Waals surface area (Å²) in [4.78, 5) is 35.9. The predicted molar refractivity (Wildman–Crippen MR) is 73.1 cm³/mol. The van der Waals surface area contributed by atoms with E-state index in [4.69, 9.17) is 0 Å². The van der Waals surface area contributed by atoms with Crippen LogP contribution in [0.1, 0.15) is 24.6 Å². The van der Waals surface area contributed by atoms with Crippen molar-refractivity contribution in [1.29, 1.82) is 0 Å². The maximum Gasteiger partial charge on any atom is 0.333 e. The van der Waals surface area contributed by atoms with E-state index in [0.29, 0.717) is 0 Å². The number of Topliss-reactive ketones (excluding diaryl/α,β-unsaturated/α-hetero) is 2. The van der Waals surface area contributed by atoms with Gasteiger partial charge in [-0.25, -0.2) is 4.79 Å². The third-order valence-electron chi connectivity index (χ3n) is 2.88. The molecule has 1 aromatic rings. The van der Waals surface area contributed by atoms with Gasteiger partial charge in [-0.05, 0) is 25.3 Å². The Bertz CT molecular complexity index is 488. The van der Waals surface area contributed by atoms with Gasteiger partial charge < -0.3 is 4.74 Å². The minimum atomic E-state index is -0.898. The van der Waals surface area contributed by atoms with Crippen molar-refractivity contribution in [2.24, 2.45) is 5.92 Å². The number of carbonyl (C=O) groups is 3. The predicted octanol–water partition coefficient (Wildman–Crippen LogP) is 2.36. The Hall–Kier alpha value is -1.75. The van der Waals surface area contributed by atoms with Crippen LogP contribution in [0, 0.1) is 5.92 Å². The SMILES string of the molecule is C=C(C(=O)OC)C(c1cccs1)C(C(C)=O)C(C)=O. The number of hydrogen-bond donors (Lipinski definition) is 0. The third kappa shape index (κ3) is 3.38. The quantitative estimate of drug-likeness (QED) is 0.456. The lowest BCUT2D eigenvalue weighted by molar-refractivity contribution is -0.136. The first-order valence-corrected chi connectivity index (χ1v) is 6.59. The lowest BCUT2D eigenvalue weighted by Gasteiger charge is -2.23. The summed E-state index contributed by atoms with van der Waals surface area (Å²) in [6, 6.07) is 3.58. The summed E-state index contributed by atoms with van der Waals surface area (Å²) in [5.74, 6) is -2.72. The summed E-state index contributed by atoms with van der Waals surface area (Å²) >= 11 is 1.38. The molecule has 4 nitrogen and oxygen atoms in total. The van der Waals surface area contributed by atoms with Crippen molar-refractivity contribution in [3.05, 3.63) is 34.5 Å². The van der Waals surface area contributed by atoms with Crippen molar-refractivity contribution in [1.82, 2.24) is 0 Å². The molecule has 1 atom stereocenters. The Morgan fingerprint density at radius 2 is 1.84 bits per heavy atom. The zero-order valence-corrected chi connectivity index (χ0v) is 12.0. The van der Waals surface area contributed by atoms with Gasteiger partial charge >= 0.3 is 5.97 Å². The molecule has 1 aromatic heterocycles. The van der Waals surface area contributed by atoms with Crippen molar-refractivity contribution in [3.8, 4) is 0 Å². The van der Waals surface area contributed by atoms with E-state index in [2.05, 4.69) is 11.3 Å². The molecule has 19 heavy (non-hydrogen) atoms. The summed E-state index contributed by atoms with van der Waals surface area (Å²) in [5.41, 5.74) is 0.125. The van der Waals surface area contributed by atoms with E-state index in [1.54, 1.807) is 12.1 Å². The highest BCUT2D eigenvalue weighted by Crippen LogP contribution is 2.35. The first kappa shape index (κ1) is 15.3. The number of ketones is 2. The van der Waals surface area contributed by atoms with Gasteiger partial charge in [-0.1, -0.05) is 12.6 Å². The zero-order chi connectivity index (χ0) is 14.6. The van der Waals surface area contributed by atoms with E-state index in [9.17, 15) is 14.4 Å². The monoisotopic (exact) mass is 280 g/mol. The van der Waals surface area contributed by atoms with Crippen molar-refractivity contribution in [2.75, 3.05) is 7.11 Å². The van der Waals surface area contributed by atoms with Crippen LogP contribution in [0.5, 0.6) is 0 Å². The highest BCUT2D eigenvalue weighted by molar-refractivity contribution is 7.10. The van der Waals surface area contributed by atoms with Gasteiger partial charge in [0.1, 0.15) is 11.6 Å². The molecule has 1 unspecified atom stereocenters. The van der Waals surface area contributed by atoms with E-state index in [1.165, 1.54) is 32.3 Å². The first-order chi connectivity index (χ1) is 8.90. The molecular weight excluding hydrogens is 264 g/mol. The number of hydrogen-bond acceptors (Lipinski definition) is 5. The second-order valence-corrected chi connectivity index (χ2v) is 5.19. The molecule has 1 rings (SSSR count). The van der Waals surface area contributed by atoms with Gasteiger partial charge in [-0.2, -0.15) is 0 Å². The fourth-order valence-electron chi connectivity index (χ4n) is 2.02. The average Bonchev–Trinajstić information content (AvgIpc) is 2.86. The molecule has 0 aliphatic heterocycles. The van der Waals surface area contributed by atoms with Crippen molar-refractivity contribution in [3.63, 3.8) is 0 Å². The third-order valence-corrected chi connectivity index (χ3v) is 3.84. The number of carbonyl (C=O) groups excluding carboxylic acids is 3. The van der Waals surface area contributed by atoms with Gasteiger partial charge in [0.25, 0.3) is 0 Å². The number of rotatable bonds is 6. The van der Waals surface area contributed by atoms with Crippen LogP contribution < -0.4 is 0 Å². The van der Waals surface area contributed by atoms with E-state index in [1.807, 2.05) is 5.38 Å².